The third-order valence-electron chi connectivity index (χ3n) is 4.01. The summed E-state index contributed by atoms with van der Waals surface area (Å²) in [6.45, 7) is 11.1. The highest BCUT2D eigenvalue weighted by Gasteiger charge is 2.21. The standard InChI is InChI=1S/C19H34NO3P/c1-5-9-15-20(16-10-6-2)19-13-11-18(12-14-19)17-23-24(21,8-4)22-7-3/h11-14H,5-10,15-17H2,1-4H3. The molecule has 1 atom stereocenters. The first-order valence-electron chi connectivity index (χ1n) is 9.30. The van der Waals surface area contributed by atoms with E-state index in [-0.39, 0.29) is 0 Å². The molecule has 138 valence electrons. The third-order valence-corrected chi connectivity index (χ3v) is 5.95. The van der Waals surface area contributed by atoms with Crippen LogP contribution >= 0.6 is 7.60 Å². The van der Waals surface area contributed by atoms with Crippen molar-refractivity contribution in [2.75, 3.05) is 30.8 Å². The number of nitrogens with zero attached hydrogens (tertiary/aromatic N) is 1. The van der Waals surface area contributed by atoms with Crippen LogP contribution in [0.15, 0.2) is 24.3 Å². The number of hydrogen-bond donors (Lipinski definition) is 0. The van der Waals surface area contributed by atoms with Crippen LogP contribution in [-0.4, -0.2) is 25.9 Å². The first kappa shape index (κ1) is 21.2. The summed E-state index contributed by atoms with van der Waals surface area (Å²) in [7, 11) is -2.94. The number of benzene rings is 1. The van der Waals surface area contributed by atoms with Crippen molar-refractivity contribution in [3.8, 4) is 0 Å². The van der Waals surface area contributed by atoms with E-state index in [2.05, 4.69) is 43.0 Å². The molecule has 0 aliphatic heterocycles. The van der Waals surface area contributed by atoms with Gasteiger partial charge in [0.15, 0.2) is 0 Å². The molecular formula is C19H34NO3P. The fourth-order valence-electron chi connectivity index (χ4n) is 2.46. The fraction of sp³-hybridized carbons (Fsp3) is 0.684. The van der Waals surface area contributed by atoms with E-state index >= 15 is 0 Å². The largest absolute Gasteiger partial charge is 0.372 e. The highest BCUT2D eigenvalue weighted by atomic mass is 31.2. The van der Waals surface area contributed by atoms with Crippen molar-refractivity contribution in [2.24, 2.45) is 0 Å². The van der Waals surface area contributed by atoms with Crippen LogP contribution in [0, 0.1) is 0 Å². The van der Waals surface area contributed by atoms with Gasteiger partial charge in [-0.1, -0.05) is 45.7 Å². The molecule has 0 fully saturated rings. The molecule has 0 aliphatic rings. The van der Waals surface area contributed by atoms with Gasteiger partial charge in [0.1, 0.15) is 0 Å². The van der Waals surface area contributed by atoms with Gasteiger partial charge in [0.25, 0.3) is 0 Å². The van der Waals surface area contributed by atoms with Gasteiger partial charge in [-0.3, -0.25) is 4.57 Å². The van der Waals surface area contributed by atoms with Crippen LogP contribution in [0.2, 0.25) is 0 Å². The normalized spacial score (nSPS) is 13.7. The van der Waals surface area contributed by atoms with E-state index in [0.717, 1.165) is 18.7 Å². The summed E-state index contributed by atoms with van der Waals surface area (Å²) in [5.41, 5.74) is 2.28. The topological polar surface area (TPSA) is 38.8 Å². The van der Waals surface area contributed by atoms with Crippen molar-refractivity contribution < 1.29 is 13.6 Å². The molecule has 0 aliphatic carbocycles. The molecule has 1 rings (SSSR count). The van der Waals surface area contributed by atoms with Crippen LogP contribution in [0.5, 0.6) is 0 Å². The van der Waals surface area contributed by atoms with E-state index < -0.39 is 7.60 Å². The molecule has 1 aromatic carbocycles. The maximum Gasteiger partial charge on any atom is 0.330 e. The van der Waals surface area contributed by atoms with Crippen LogP contribution in [-0.2, 0) is 20.2 Å². The monoisotopic (exact) mass is 355 g/mol. The van der Waals surface area contributed by atoms with Crippen LogP contribution < -0.4 is 4.90 Å². The summed E-state index contributed by atoms with van der Waals surface area (Å²) >= 11 is 0. The summed E-state index contributed by atoms with van der Waals surface area (Å²) in [4.78, 5) is 2.45. The quantitative estimate of drug-likeness (QED) is 0.415. The molecule has 5 heteroatoms. The Hall–Kier alpha value is -0.830. The SMILES string of the molecule is CCCCN(CCCC)c1ccc(COP(=O)(CC)OCC)cc1. The lowest BCUT2D eigenvalue weighted by Gasteiger charge is -2.25. The first-order valence-corrected chi connectivity index (χ1v) is 11.0. The summed E-state index contributed by atoms with van der Waals surface area (Å²) in [6.07, 6.45) is 5.24. The minimum Gasteiger partial charge on any atom is -0.372 e. The van der Waals surface area contributed by atoms with Gasteiger partial charge in [0, 0.05) is 24.9 Å². The summed E-state index contributed by atoms with van der Waals surface area (Å²) in [5.74, 6) is 0. The van der Waals surface area contributed by atoms with Gasteiger partial charge in [0.2, 0.25) is 0 Å². The number of unbranched alkanes of at least 4 members (excludes halogenated alkanes) is 2. The number of hydrogen-bond acceptors (Lipinski definition) is 4. The van der Waals surface area contributed by atoms with Crippen LogP contribution in [0.3, 0.4) is 0 Å². The maximum atomic E-state index is 12.3. The highest BCUT2D eigenvalue weighted by molar-refractivity contribution is 7.53. The summed E-state index contributed by atoms with van der Waals surface area (Å²) in [5, 5.41) is 0. The zero-order valence-electron chi connectivity index (χ0n) is 15.8. The van der Waals surface area contributed by atoms with E-state index in [4.69, 9.17) is 9.05 Å². The van der Waals surface area contributed by atoms with E-state index in [9.17, 15) is 4.57 Å². The number of rotatable bonds is 13. The van der Waals surface area contributed by atoms with E-state index in [1.165, 1.54) is 31.4 Å². The summed E-state index contributed by atoms with van der Waals surface area (Å²) in [6, 6.07) is 8.40. The zero-order valence-corrected chi connectivity index (χ0v) is 16.7. The highest BCUT2D eigenvalue weighted by Crippen LogP contribution is 2.48. The molecule has 0 bridgehead atoms. The maximum absolute atomic E-state index is 12.3. The Kier molecular flexibility index (Phi) is 10.3. The molecule has 0 saturated carbocycles. The lowest BCUT2D eigenvalue weighted by Crippen LogP contribution is -2.25. The van der Waals surface area contributed by atoms with Crippen LogP contribution in [0.1, 0.15) is 58.9 Å². The molecule has 0 radical (unpaired) electrons. The molecule has 1 aromatic rings. The zero-order chi connectivity index (χ0) is 17.8. The predicted octanol–water partition coefficient (Wildman–Crippen LogP) is 5.86. The Bertz CT molecular complexity index is 482. The van der Waals surface area contributed by atoms with Crippen molar-refractivity contribution in [3.63, 3.8) is 0 Å². The third kappa shape index (κ3) is 7.38. The van der Waals surface area contributed by atoms with Crippen molar-refractivity contribution in [1.29, 1.82) is 0 Å². The minimum atomic E-state index is -2.94. The minimum absolute atomic E-state index is 0.329. The fourth-order valence-corrected chi connectivity index (χ4v) is 3.64. The molecule has 0 heterocycles. The van der Waals surface area contributed by atoms with Gasteiger partial charge in [0.05, 0.1) is 13.2 Å². The second kappa shape index (κ2) is 11.7. The Balaban J connectivity index is 2.66. The molecule has 0 saturated heterocycles. The molecule has 4 nitrogen and oxygen atoms in total. The lowest BCUT2D eigenvalue weighted by molar-refractivity contribution is 0.206. The molecular weight excluding hydrogens is 321 g/mol. The van der Waals surface area contributed by atoms with Gasteiger partial charge >= 0.3 is 7.60 Å². The average molecular weight is 355 g/mol. The molecule has 24 heavy (non-hydrogen) atoms. The van der Waals surface area contributed by atoms with Gasteiger partial charge in [-0.05, 0) is 37.5 Å². The molecule has 0 spiro atoms. The van der Waals surface area contributed by atoms with Gasteiger partial charge in [-0.2, -0.15) is 0 Å². The van der Waals surface area contributed by atoms with Gasteiger partial charge in [-0.25, -0.2) is 0 Å². The Morgan fingerprint density at radius 3 is 1.96 bits per heavy atom. The Labute approximate surface area is 148 Å². The predicted molar refractivity (Wildman–Crippen MR) is 103 cm³/mol. The van der Waals surface area contributed by atoms with E-state index in [1.54, 1.807) is 0 Å². The summed E-state index contributed by atoms with van der Waals surface area (Å²) < 4.78 is 23.1. The average Bonchev–Trinajstić information content (AvgIpc) is 2.61. The lowest BCUT2D eigenvalue weighted by atomic mass is 10.2. The molecule has 0 amide bonds. The Morgan fingerprint density at radius 2 is 1.50 bits per heavy atom. The van der Waals surface area contributed by atoms with Crippen molar-refractivity contribution >= 4 is 13.3 Å². The molecule has 0 aromatic heterocycles. The van der Waals surface area contributed by atoms with Crippen molar-refractivity contribution in [1.82, 2.24) is 0 Å². The number of anilines is 1. The van der Waals surface area contributed by atoms with Crippen molar-refractivity contribution in [3.05, 3.63) is 29.8 Å². The van der Waals surface area contributed by atoms with Gasteiger partial charge in [-0.15, -0.1) is 0 Å². The van der Waals surface area contributed by atoms with Crippen LogP contribution in [0.4, 0.5) is 5.69 Å². The van der Waals surface area contributed by atoms with Gasteiger partial charge < -0.3 is 13.9 Å². The van der Waals surface area contributed by atoms with E-state index in [1.807, 2.05) is 13.8 Å². The second-order valence-electron chi connectivity index (χ2n) is 5.98. The molecule has 1 unspecified atom stereocenters. The first-order chi connectivity index (χ1) is 11.6. The van der Waals surface area contributed by atoms with E-state index in [0.29, 0.717) is 19.4 Å². The van der Waals surface area contributed by atoms with Crippen molar-refractivity contribution in [2.45, 2.75) is 60.0 Å². The second-order valence-corrected chi connectivity index (χ2v) is 8.35. The van der Waals surface area contributed by atoms with Crippen LogP contribution in [0.25, 0.3) is 0 Å². The Morgan fingerprint density at radius 1 is 0.917 bits per heavy atom. The molecule has 0 N–H and O–H groups in total. The smallest absolute Gasteiger partial charge is 0.330 e.